The number of aryl methyl sites for hydroxylation is 2. The summed E-state index contributed by atoms with van der Waals surface area (Å²) in [4.78, 5) is 11.9. The predicted molar refractivity (Wildman–Crippen MR) is 108 cm³/mol. The van der Waals surface area contributed by atoms with Gasteiger partial charge in [0.05, 0.1) is 12.3 Å². The molecule has 136 valence electrons. The molecular weight excluding hydrogens is 322 g/mol. The Morgan fingerprint density at radius 2 is 1.88 bits per heavy atom. The maximum Gasteiger partial charge on any atom is 0.167 e. The first kappa shape index (κ1) is 18.2. The predicted octanol–water partition coefficient (Wildman–Crippen LogP) is 5.81. The molecule has 0 bridgehead atoms. The fourth-order valence-corrected chi connectivity index (χ4v) is 3.50. The molecule has 0 saturated heterocycles. The maximum atomic E-state index is 11.9. The van der Waals surface area contributed by atoms with E-state index in [1.165, 1.54) is 11.1 Å². The lowest BCUT2D eigenvalue weighted by Crippen LogP contribution is -2.01. The second kappa shape index (κ2) is 7.36. The van der Waals surface area contributed by atoms with Crippen LogP contribution in [-0.2, 0) is 6.42 Å². The molecule has 1 aromatic carbocycles. The summed E-state index contributed by atoms with van der Waals surface area (Å²) < 4.78 is 7.85. The maximum absolute atomic E-state index is 11.9. The van der Waals surface area contributed by atoms with Crippen molar-refractivity contribution in [3.63, 3.8) is 0 Å². The van der Waals surface area contributed by atoms with E-state index >= 15 is 0 Å². The Morgan fingerprint density at radius 1 is 1.12 bits per heavy atom. The molecular formula is C23H27NO2. The molecule has 0 atom stereocenters. The Labute approximate surface area is 155 Å². The van der Waals surface area contributed by atoms with E-state index in [2.05, 4.69) is 64.2 Å². The van der Waals surface area contributed by atoms with Crippen molar-refractivity contribution in [2.75, 3.05) is 6.61 Å². The van der Waals surface area contributed by atoms with Gasteiger partial charge in [0, 0.05) is 17.3 Å². The molecule has 2 heterocycles. The lowest BCUT2D eigenvalue weighted by atomic mass is 9.93. The zero-order valence-electron chi connectivity index (χ0n) is 16.3. The first-order valence-corrected chi connectivity index (χ1v) is 9.37. The van der Waals surface area contributed by atoms with Crippen LogP contribution in [0.3, 0.4) is 0 Å². The van der Waals surface area contributed by atoms with Crippen molar-refractivity contribution in [3.8, 4) is 16.9 Å². The van der Waals surface area contributed by atoms with Gasteiger partial charge in [-0.2, -0.15) is 0 Å². The smallest absolute Gasteiger partial charge is 0.167 e. The molecule has 0 spiro atoms. The average Bonchev–Trinajstić information content (AvgIpc) is 2.99. The highest BCUT2D eigenvalue weighted by Gasteiger charge is 2.17. The molecule has 0 aliphatic heterocycles. The minimum Gasteiger partial charge on any atom is -0.494 e. The van der Waals surface area contributed by atoms with Crippen molar-refractivity contribution in [2.45, 2.75) is 47.0 Å². The summed E-state index contributed by atoms with van der Waals surface area (Å²) in [6.45, 7) is 11.2. The number of pyridine rings is 1. The van der Waals surface area contributed by atoms with Gasteiger partial charge in [-0.05, 0) is 72.7 Å². The summed E-state index contributed by atoms with van der Waals surface area (Å²) in [6.07, 6.45) is 3.98. The van der Waals surface area contributed by atoms with Crippen LogP contribution in [0.5, 0.6) is 5.75 Å². The van der Waals surface area contributed by atoms with E-state index in [9.17, 15) is 4.79 Å². The number of fused-ring (bicyclic) bond motifs is 1. The van der Waals surface area contributed by atoms with Gasteiger partial charge in [-0.1, -0.05) is 26.8 Å². The Kier molecular flexibility index (Phi) is 5.17. The van der Waals surface area contributed by atoms with Crippen molar-refractivity contribution < 1.29 is 9.53 Å². The molecule has 26 heavy (non-hydrogen) atoms. The van der Waals surface area contributed by atoms with Gasteiger partial charge in [0.25, 0.3) is 0 Å². The van der Waals surface area contributed by atoms with Crippen LogP contribution in [0.15, 0.2) is 36.5 Å². The molecule has 0 radical (unpaired) electrons. The highest BCUT2D eigenvalue weighted by atomic mass is 16.5. The Bertz CT molecular complexity index is 950. The van der Waals surface area contributed by atoms with Crippen LogP contribution >= 0.6 is 0 Å². The second-order valence-corrected chi connectivity index (χ2v) is 7.04. The van der Waals surface area contributed by atoms with Gasteiger partial charge in [0.2, 0.25) is 0 Å². The van der Waals surface area contributed by atoms with E-state index in [0.717, 1.165) is 40.7 Å². The fourth-order valence-electron chi connectivity index (χ4n) is 3.50. The SMILES string of the molecule is CCOc1cc(C)c(-c2cc3ccc(CC)cn3c2C=O)cc1C(C)C. The van der Waals surface area contributed by atoms with Crippen LogP contribution in [0.2, 0.25) is 0 Å². The summed E-state index contributed by atoms with van der Waals surface area (Å²) in [5.41, 5.74) is 7.34. The number of rotatable bonds is 6. The molecule has 0 fully saturated rings. The van der Waals surface area contributed by atoms with E-state index in [1.807, 2.05) is 11.3 Å². The molecule has 0 N–H and O–H groups in total. The quantitative estimate of drug-likeness (QED) is 0.526. The van der Waals surface area contributed by atoms with Gasteiger partial charge in [-0.25, -0.2) is 0 Å². The zero-order valence-corrected chi connectivity index (χ0v) is 16.3. The molecule has 3 rings (SSSR count). The van der Waals surface area contributed by atoms with Crippen molar-refractivity contribution in [1.29, 1.82) is 0 Å². The van der Waals surface area contributed by atoms with Gasteiger partial charge in [-0.3, -0.25) is 4.79 Å². The first-order valence-electron chi connectivity index (χ1n) is 9.37. The summed E-state index contributed by atoms with van der Waals surface area (Å²) >= 11 is 0. The summed E-state index contributed by atoms with van der Waals surface area (Å²) in [5.74, 6) is 1.28. The number of aromatic nitrogens is 1. The average molecular weight is 349 g/mol. The van der Waals surface area contributed by atoms with Gasteiger partial charge in [-0.15, -0.1) is 0 Å². The number of carbonyl (C=O) groups excluding carboxylic acids is 1. The monoisotopic (exact) mass is 349 g/mol. The Hall–Kier alpha value is -2.55. The highest BCUT2D eigenvalue weighted by Crippen LogP contribution is 2.37. The van der Waals surface area contributed by atoms with Gasteiger partial charge in [0.15, 0.2) is 6.29 Å². The standard InChI is InChI=1S/C23H27NO2/c1-6-17-8-9-18-11-21(22(14-25)24(18)13-17)20-12-19(15(3)4)23(26-7-2)10-16(20)5/h8-15H,6-7H2,1-5H3. The molecule has 2 aromatic heterocycles. The third-order valence-corrected chi connectivity index (χ3v) is 4.96. The normalized spacial score (nSPS) is 11.3. The number of benzene rings is 1. The van der Waals surface area contributed by atoms with Gasteiger partial charge < -0.3 is 9.14 Å². The summed E-state index contributed by atoms with van der Waals surface area (Å²) in [7, 11) is 0. The van der Waals surface area contributed by atoms with Crippen LogP contribution in [0.1, 0.15) is 60.8 Å². The molecule has 3 heteroatoms. The first-order chi connectivity index (χ1) is 12.5. The van der Waals surface area contributed by atoms with Gasteiger partial charge >= 0.3 is 0 Å². The van der Waals surface area contributed by atoms with E-state index in [1.54, 1.807) is 0 Å². The minimum absolute atomic E-state index is 0.347. The molecule has 0 aliphatic carbocycles. The number of carbonyl (C=O) groups is 1. The van der Waals surface area contributed by atoms with E-state index < -0.39 is 0 Å². The van der Waals surface area contributed by atoms with Crippen LogP contribution < -0.4 is 4.74 Å². The fraction of sp³-hybridized carbons (Fsp3) is 0.348. The third kappa shape index (κ3) is 3.14. The molecule has 0 amide bonds. The zero-order chi connectivity index (χ0) is 18.8. The van der Waals surface area contributed by atoms with Crippen LogP contribution in [0, 0.1) is 6.92 Å². The number of hydrogen-bond acceptors (Lipinski definition) is 2. The number of hydrogen-bond donors (Lipinski definition) is 0. The third-order valence-electron chi connectivity index (χ3n) is 4.96. The van der Waals surface area contributed by atoms with E-state index in [0.29, 0.717) is 18.2 Å². The van der Waals surface area contributed by atoms with E-state index in [4.69, 9.17) is 4.74 Å². The minimum atomic E-state index is 0.347. The topological polar surface area (TPSA) is 30.7 Å². The van der Waals surface area contributed by atoms with Crippen LogP contribution in [0.25, 0.3) is 16.6 Å². The van der Waals surface area contributed by atoms with Crippen molar-refractivity contribution in [3.05, 3.63) is 58.9 Å². The van der Waals surface area contributed by atoms with Crippen molar-refractivity contribution in [1.82, 2.24) is 4.40 Å². The number of nitrogens with zero attached hydrogens (tertiary/aromatic N) is 1. The lowest BCUT2D eigenvalue weighted by Gasteiger charge is -2.17. The number of aldehydes is 1. The molecule has 3 aromatic rings. The van der Waals surface area contributed by atoms with Gasteiger partial charge in [0.1, 0.15) is 5.75 Å². The second-order valence-electron chi connectivity index (χ2n) is 7.04. The Balaban J connectivity index is 2.26. The highest BCUT2D eigenvalue weighted by molar-refractivity contribution is 5.91. The van der Waals surface area contributed by atoms with E-state index in [-0.39, 0.29) is 0 Å². The number of ether oxygens (including phenoxy) is 1. The molecule has 3 nitrogen and oxygen atoms in total. The largest absolute Gasteiger partial charge is 0.494 e. The summed E-state index contributed by atoms with van der Waals surface area (Å²) in [6, 6.07) is 10.6. The molecule has 0 saturated carbocycles. The lowest BCUT2D eigenvalue weighted by molar-refractivity contribution is 0.111. The molecule has 0 aliphatic rings. The van der Waals surface area contributed by atoms with Crippen LogP contribution in [-0.4, -0.2) is 17.3 Å². The molecule has 0 unspecified atom stereocenters. The van der Waals surface area contributed by atoms with Crippen LogP contribution in [0.4, 0.5) is 0 Å². The van der Waals surface area contributed by atoms with Crippen molar-refractivity contribution in [2.24, 2.45) is 0 Å². The Morgan fingerprint density at radius 3 is 2.50 bits per heavy atom. The van der Waals surface area contributed by atoms with Crippen molar-refractivity contribution >= 4 is 11.8 Å². The summed E-state index contributed by atoms with van der Waals surface area (Å²) in [5, 5.41) is 0.